The molecule has 0 radical (unpaired) electrons. The van der Waals surface area contributed by atoms with Gasteiger partial charge in [0.05, 0.1) is 0 Å². The van der Waals surface area contributed by atoms with Crippen LogP contribution in [0.3, 0.4) is 0 Å². The summed E-state index contributed by atoms with van der Waals surface area (Å²) >= 11 is 6.40. The Hall–Kier alpha value is -1.31. The highest BCUT2D eigenvalue weighted by Gasteiger charge is 2.36. The van der Waals surface area contributed by atoms with E-state index < -0.39 is 0 Å². The minimum absolute atomic E-state index is 0.489. The van der Waals surface area contributed by atoms with Crippen LogP contribution in [-0.4, -0.2) is 24.5 Å². The summed E-state index contributed by atoms with van der Waals surface area (Å²) in [6, 6.07) is 14.2. The van der Waals surface area contributed by atoms with Crippen molar-refractivity contribution in [2.24, 2.45) is 0 Å². The van der Waals surface area contributed by atoms with Gasteiger partial charge in [-0.1, -0.05) is 41.9 Å². The summed E-state index contributed by atoms with van der Waals surface area (Å²) in [6.45, 7) is 3.25. The lowest BCUT2D eigenvalue weighted by Crippen LogP contribution is -2.39. The van der Waals surface area contributed by atoms with E-state index in [0.29, 0.717) is 12.0 Å². The molecule has 0 spiro atoms. The highest BCUT2D eigenvalue weighted by atomic mass is 35.5. The van der Waals surface area contributed by atoms with Crippen molar-refractivity contribution in [1.29, 1.82) is 0 Å². The first-order valence-electron chi connectivity index (χ1n) is 8.22. The van der Waals surface area contributed by atoms with Gasteiger partial charge >= 0.3 is 0 Å². The second-order valence-corrected chi connectivity index (χ2v) is 7.22. The molecule has 1 aliphatic heterocycles. The van der Waals surface area contributed by atoms with Crippen molar-refractivity contribution in [3.05, 3.63) is 69.2 Å². The molecule has 0 bridgehead atoms. The van der Waals surface area contributed by atoms with E-state index >= 15 is 0 Å². The first-order chi connectivity index (χ1) is 10.6. The quantitative estimate of drug-likeness (QED) is 0.688. The highest BCUT2D eigenvalue weighted by molar-refractivity contribution is 6.31. The Kier molecular flexibility index (Phi) is 3.51. The molecule has 1 heterocycles. The molecule has 0 amide bonds. The molecule has 2 aromatic carbocycles. The zero-order chi connectivity index (χ0) is 15.3. The molecule has 0 N–H and O–H groups in total. The van der Waals surface area contributed by atoms with Gasteiger partial charge in [0.15, 0.2) is 0 Å². The SMILES string of the molecule is Cc1cc2c(cc1Cl)CCN(C)[C@H]1CCc3ccccc3[C@H]21. The number of hydrogen-bond acceptors (Lipinski definition) is 1. The minimum atomic E-state index is 0.489. The molecular weight excluding hydrogens is 290 g/mol. The monoisotopic (exact) mass is 311 g/mol. The molecule has 2 heteroatoms. The molecule has 4 rings (SSSR count). The second-order valence-electron chi connectivity index (χ2n) is 6.81. The van der Waals surface area contributed by atoms with Gasteiger partial charge in [-0.05, 0) is 67.1 Å². The molecule has 2 aromatic rings. The molecule has 0 fully saturated rings. The van der Waals surface area contributed by atoms with Crippen molar-refractivity contribution in [2.45, 2.75) is 38.1 Å². The van der Waals surface area contributed by atoms with E-state index in [9.17, 15) is 0 Å². The summed E-state index contributed by atoms with van der Waals surface area (Å²) < 4.78 is 0. The van der Waals surface area contributed by atoms with Crippen molar-refractivity contribution in [3.8, 4) is 0 Å². The van der Waals surface area contributed by atoms with E-state index in [1.54, 1.807) is 0 Å². The average molecular weight is 312 g/mol. The number of likely N-dealkylation sites (N-methyl/N-ethyl adjacent to an activating group) is 1. The molecule has 1 aliphatic carbocycles. The van der Waals surface area contributed by atoms with E-state index in [2.05, 4.69) is 55.3 Å². The maximum atomic E-state index is 6.40. The minimum Gasteiger partial charge on any atom is -0.302 e. The number of benzene rings is 2. The molecule has 2 atom stereocenters. The molecule has 0 saturated carbocycles. The van der Waals surface area contributed by atoms with Crippen LogP contribution in [0.2, 0.25) is 5.02 Å². The summed E-state index contributed by atoms with van der Waals surface area (Å²) in [5, 5.41) is 0.906. The van der Waals surface area contributed by atoms with Gasteiger partial charge < -0.3 is 4.90 Å². The smallest absolute Gasteiger partial charge is 0.0438 e. The van der Waals surface area contributed by atoms with Gasteiger partial charge in [-0.3, -0.25) is 0 Å². The van der Waals surface area contributed by atoms with Crippen LogP contribution in [0.5, 0.6) is 0 Å². The number of rotatable bonds is 0. The van der Waals surface area contributed by atoms with Gasteiger partial charge in [0.1, 0.15) is 0 Å². The topological polar surface area (TPSA) is 3.24 Å². The van der Waals surface area contributed by atoms with Gasteiger partial charge in [-0.25, -0.2) is 0 Å². The van der Waals surface area contributed by atoms with Crippen LogP contribution in [0.15, 0.2) is 36.4 Å². The molecule has 1 nitrogen and oxygen atoms in total. The van der Waals surface area contributed by atoms with Crippen molar-refractivity contribution in [1.82, 2.24) is 4.90 Å². The van der Waals surface area contributed by atoms with E-state index in [1.165, 1.54) is 40.7 Å². The Bertz CT molecular complexity index is 722. The number of fused-ring (bicyclic) bond motifs is 5. The predicted molar refractivity (Wildman–Crippen MR) is 92.9 cm³/mol. The normalized spacial score (nSPS) is 24.1. The molecule has 2 aliphatic rings. The van der Waals surface area contributed by atoms with Gasteiger partial charge in [0.2, 0.25) is 0 Å². The van der Waals surface area contributed by atoms with E-state index in [4.69, 9.17) is 11.6 Å². The lowest BCUT2D eigenvalue weighted by Gasteiger charge is -2.38. The number of nitrogens with zero attached hydrogens (tertiary/aromatic N) is 1. The van der Waals surface area contributed by atoms with E-state index in [0.717, 1.165) is 18.0 Å². The average Bonchev–Trinajstić information content (AvgIpc) is 2.66. The zero-order valence-corrected chi connectivity index (χ0v) is 14.0. The molecule has 114 valence electrons. The number of halogens is 1. The Morgan fingerprint density at radius 1 is 1.05 bits per heavy atom. The predicted octanol–water partition coefficient (Wildman–Crippen LogP) is 4.58. The van der Waals surface area contributed by atoms with Gasteiger partial charge in [0, 0.05) is 23.5 Å². The molecule has 0 unspecified atom stereocenters. The fourth-order valence-corrected chi connectivity index (χ4v) is 4.49. The van der Waals surface area contributed by atoms with Crippen molar-refractivity contribution >= 4 is 11.6 Å². The number of hydrogen-bond donors (Lipinski definition) is 0. The fourth-order valence-electron chi connectivity index (χ4n) is 4.31. The maximum Gasteiger partial charge on any atom is 0.0438 e. The van der Waals surface area contributed by atoms with Crippen LogP contribution in [-0.2, 0) is 12.8 Å². The summed E-state index contributed by atoms with van der Waals surface area (Å²) in [5.41, 5.74) is 7.19. The van der Waals surface area contributed by atoms with E-state index in [-0.39, 0.29) is 0 Å². The highest BCUT2D eigenvalue weighted by Crippen LogP contribution is 2.43. The van der Waals surface area contributed by atoms with Crippen molar-refractivity contribution in [2.75, 3.05) is 13.6 Å². The van der Waals surface area contributed by atoms with Crippen LogP contribution >= 0.6 is 11.6 Å². The first kappa shape index (κ1) is 14.3. The standard InChI is InChI=1S/C20H22ClN/c1-13-11-17-15(12-18(13)21)9-10-22(2)19-8-7-14-5-3-4-6-16(14)20(17)19/h3-6,11-12,19-20H,7-10H2,1-2H3/t19-,20+/m0/s1. The van der Waals surface area contributed by atoms with Crippen molar-refractivity contribution in [3.63, 3.8) is 0 Å². The van der Waals surface area contributed by atoms with Crippen molar-refractivity contribution < 1.29 is 0 Å². The summed E-state index contributed by atoms with van der Waals surface area (Å²) in [5.74, 6) is 0.489. The largest absolute Gasteiger partial charge is 0.302 e. The van der Waals surface area contributed by atoms with Crippen LogP contribution in [0.25, 0.3) is 0 Å². The molecule has 0 saturated heterocycles. The lowest BCUT2D eigenvalue weighted by molar-refractivity contribution is 0.214. The Morgan fingerprint density at radius 3 is 2.73 bits per heavy atom. The van der Waals surface area contributed by atoms with Gasteiger partial charge in [-0.15, -0.1) is 0 Å². The Balaban J connectivity index is 1.94. The lowest BCUT2D eigenvalue weighted by atomic mass is 9.74. The Morgan fingerprint density at radius 2 is 1.86 bits per heavy atom. The summed E-state index contributed by atoms with van der Waals surface area (Å²) in [4.78, 5) is 2.56. The molecule has 0 aromatic heterocycles. The zero-order valence-electron chi connectivity index (χ0n) is 13.3. The third kappa shape index (κ3) is 2.19. The van der Waals surface area contributed by atoms with Crippen LogP contribution < -0.4 is 0 Å². The summed E-state index contributed by atoms with van der Waals surface area (Å²) in [7, 11) is 2.28. The fraction of sp³-hybridized carbons (Fsp3) is 0.400. The van der Waals surface area contributed by atoms with Crippen LogP contribution in [0, 0.1) is 6.92 Å². The molecule has 22 heavy (non-hydrogen) atoms. The second kappa shape index (κ2) is 5.40. The van der Waals surface area contributed by atoms with Crippen LogP contribution in [0.4, 0.5) is 0 Å². The number of aryl methyl sites for hydroxylation is 2. The maximum absolute atomic E-state index is 6.40. The van der Waals surface area contributed by atoms with Gasteiger partial charge in [-0.2, -0.15) is 0 Å². The van der Waals surface area contributed by atoms with Gasteiger partial charge in [0.25, 0.3) is 0 Å². The third-order valence-corrected chi connectivity index (χ3v) is 5.95. The van der Waals surface area contributed by atoms with E-state index in [1.807, 2.05) is 0 Å². The molecular formula is C20H22ClN. The summed E-state index contributed by atoms with van der Waals surface area (Å²) in [6.07, 6.45) is 3.55. The van der Waals surface area contributed by atoms with Crippen LogP contribution in [0.1, 0.15) is 40.2 Å². The Labute approximate surface area is 137 Å². The first-order valence-corrected chi connectivity index (χ1v) is 8.60. The third-order valence-electron chi connectivity index (χ3n) is 5.54.